The van der Waals surface area contributed by atoms with Crippen LogP contribution in [0.1, 0.15) is 25.5 Å². The van der Waals surface area contributed by atoms with Gasteiger partial charge in [-0.2, -0.15) is 0 Å². The van der Waals surface area contributed by atoms with Crippen molar-refractivity contribution < 1.29 is 13.9 Å². The lowest BCUT2D eigenvalue weighted by Crippen LogP contribution is -2.41. The molecule has 8 heteroatoms. The van der Waals surface area contributed by atoms with Crippen LogP contribution in [0, 0.1) is 17.7 Å². The van der Waals surface area contributed by atoms with Crippen molar-refractivity contribution in [2.24, 2.45) is 16.8 Å². The molecule has 1 saturated heterocycles. The van der Waals surface area contributed by atoms with Gasteiger partial charge in [0, 0.05) is 19.6 Å². The van der Waals surface area contributed by atoms with Gasteiger partial charge >= 0.3 is 5.97 Å². The van der Waals surface area contributed by atoms with Gasteiger partial charge < -0.3 is 19.9 Å². The second kappa shape index (κ2) is 11.5. The highest BCUT2D eigenvalue weighted by Gasteiger charge is 2.37. The zero-order valence-electron chi connectivity index (χ0n) is 17.3. The maximum atomic E-state index is 13.2. The van der Waals surface area contributed by atoms with Crippen molar-refractivity contribution in [1.29, 1.82) is 0 Å². The molecule has 0 radical (unpaired) electrons. The van der Waals surface area contributed by atoms with Gasteiger partial charge in [0.05, 0.1) is 25.6 Å². The maximum Gasteiger partial charge on any atom is 0.310 e. The lowest BCUT2D eigenvalue weighted by atomic mass is 9.99. The van der Waals surface area contributed by atoms with E-state index < -0.39 is 0 Å². The zero-order valence-corrected chi connectivity index (χ0v) is 19.6. The number of nitrogens with zero attached hydrogens (tertiary/aromatic N) is 3. The van der Waals surface area contributed by atoms with Gasteiger partial charge in [-0.25, -0.2) is 4.39 Å². The van der Waals surface area contributed by atoms with Crippen LogP contribution in [0.25, 0.3) is 0 Å². The minimum absolute atomic E-state index is 0. The predicted molar refractivity (Wildman–Crippen MR) is 120 cm³/mol. The van der Waals surface area contributed by atoms with Gasteiger partial charge in [-0.05, 0) is 44.6 Å². The number of nitrogens with one attached hydrogen (secondary N) is 1. The first-order valence-electron chi connectivity index (χ1n) is 9.40. The summed E-state index contributed by atoms with van der Waals surface area (Å²) in [4.78, 5) is 21.0. The summed E-state index contributed by atoms with van der Waals surface area (Å²) in [6.07, 6.45) is 0. The Kier molecular flexibility index (Phi) is 10.2. The number of halogens is 2. The number of rotatable bonds is 6. The van der Waals surface area contributed by atoms with Crippen LogP contribution in [0.4, 0.5) is 4.39 Å². The second-order valence-corrected chi connectivity index (χ2v) is 7.24. The van der Waals surface area contributed by atoms with Crippen molar-refractivity contribution in [2.45, 2.75) is 19.9 Å². The third kappa shape index (κ3) is 6.30. The molecule has 3 atom stereocenters. The number of carbonyl (C=O) groups is 1. The number of methoxy groups -OCH3 is 1. The fourth-order valence-corrected chi connectivity index (χ4v) is 3.45. The number of aliphatic imine (C=N–C) groups is 1. The van der Waals surface area contributed by atoms with Gasteiger partial charge in [-0.1, -0.05) is 19.1 Å². The fraction of sp³-hybridized carbons (Fsp3) is 0.600. The number of guanidine groups is 1. The molecule has 0 amide bonds. The molecule has 0 aromatic heterocycles. The van der Waals surface area contributed by atoms with Gasteiger partial charge in [0.2, 0.25) is 0 Å². The molecule has 1 fully saturated rings. The SMILES string of the molecule is CCNC(=NCC(c1ccc(F)cc1)N(C)C)N1CC(C)C(C(=O)OC)C1.I. The largest absolute Gasteiger partial charge is 0.469 e. The van der Waals surface area contributed by atoms with Crippen LogP contribution in [-0.2, 0) is 9.53 Å². The van der Waals surface area contributed by atoms with Crippen LogP contribution in [0.3, 0.4) is 0 Å². The first kappa shape index (κ1) is 24.6. The van der Waals surface area contributed by atoms with Crippen LogP contribution in [0.15, 0.2) is 29.3 Å². The predicted octanol–water partition coefficient (Wildman–Crippen LogP) is 2.75. The number of carbonyl (C=O) groups excluding carboxylic acids is 1. The number of benzene rings is 1. The van der Waals surface area contributed by atoms with Crippen molar-refractivity contribution >= 4 is 35.9 Å². The molecule has 0 spiro atoms. The zero-order chi connectivity index (χ0) is 20.0. The van der Waals surface area contributed by atoms with E-state index in [1.165, 1.54) is 19.2 Å². The monoisotopic (exact) mass is 506 g/mol. The Balaban J connectivity index is 0.00000392. The summed E-state index contributed by atoms with van der Waals surface area (Å²) in [5.74, 6) is 0.458. The summed E-state index contributed by atoms with van der Waals surface area (Å²) in [5, 5.41) is 3.32. The molecule has 1 aromatic rings. The van der Waals surface area contributed by atoms with Crippen molar-refractivity contribution in [1.82, 2.24) is 15.1 Å². The first-order chi connectivity index (χ1) is 12.9. The topological polar surface area (TPSA) is 57.2 Å². The fourth-order valence-electron chi connectivity index (χ4n) is 3.45. The Labute approximate surface area is 184 Å². The van der Waals surface area contributed by atoms with Gasteiger partial charge in [0.1, 0.15) is 5.82 Å². The van der Waals surface area contributed by atoms with Crippen LogP contribution < -0.4 is 5.32 Å². The molecular weight excluding hydrogens is 474 g/mol. The molecule has 1 N–H and O–H groups in total. The average Bonchev–Trinajstić information content (AvgIpc) is 3.03. The third-order valence-corrected chi connectivity index (χ3v) is 5.04. The number of hydrogen-bond acceptors (Lipinski definition) is 4. The van der Waals surface area contributed by atoms with Crippen molar-refractivity contribution in [3.63, 3.8) is 0 Å². The van der Waals surface area contributed by atoms with Gasteiger partial charge in [-0.3, -0.25) is 9.79 Å². The minimum atomic E-state index is -0.243. The molecular formula is C20H32FIN4O2. The molecule has 1 aliphatic rings. The van der Waals surface area contributed by atoms with E-state index in [1.54, 1.807) is 12.1 Å². The molecule has 3 unspecified atom stereocenters. The molecule has 1 aliphatic heterocycles. The molecule has 1 aromatic carbocycles. The molecule has 158 valence electrons. The Morgan fingerprint density at radius 1 is 1.36 bits per heavy atom. The van der Waals surface area contributed by atoms with Crippen LogP contribution >= 0.6 is 24.0 Å². The van der Waals surface area contributed by atoms with E-state index in [0.29, 0.717) is 13.1 Å². The number of ether oxygens (including phenoxy) is 1. The highest BCUT2D eigenvalue weighted by molar-refractivity contribution is 14.0. The summed E-state index contributed by atoms with van der Waals surface area (Å²) < 4.78 is 18.2. The third-order valence-electron chi connectivity index (χ3n) is 5.04. The molecule has 0 bridgehead atoms. The maximum absolute atomic E-state index is 13.2. The van der Waals surface area contributed by atoms with Crippen LogP contribution in [0.5, 0.6) is 0 Å². The summed E-state index contributed by atoms with van der Waals surface area (Å²) in [6.45, 7) is 6.73. The lowest BCUT2D eigenvalue weighted by Gasteiger charge is -2.26. The second-order valence-electron chi connectivity index (χ2n) is 7.24. The average molecular weight is 506 g/mol. The van der Waals surface area contributed by atoms with E-state index in [2.05, 4.69) is 22.0 Å². The summed E-state index contributed by atoms with van der Waals surface area (Å²) in [5.41, 5.74) is 1.02. The molecule has 0 aliphatic carbocycles. The normalized spacial score (nSPS) is 20.7. The number of hydrogen-bond donors (Lipinski definition) is 1. The van der Waals surface area contributed by atoms with E-state index >= 15 is 0 Å². The highest BCUT2D eigenvalue weighted by Crippen LogP contribution is 2.25. The Bertz CT molecular complexity index is 654. The molecule has 6 nitrogen and oxygen atoms in total. The van der Waals surface area contributed by atoms with Crippen molar-refractivity contribution in [2.75, 3.05) is 47.4 Å². The Hall–Kier alpha value is -1.42. The van der Waals surface area contributed by atoms with E-state index in [9.17, 15) is 9.18 Å². The Morgan fingerprint density at radius 2 is 2.00 bits per heavy atom. The van der Waals surface area contributed by atoms with Crippen LogP contribution in [0.2, 0.25) is 0 Å². The molecule has 1 heterocycles. The van der Waals surface area contributed by atoms with Crippen molar-refractivity contribution in [3.05, 3.63) is 35.6 Å². The molecule has 28 heavy (non-hydrogen) atoms. The number of likely N-dealkylation sites (tertiary alicyclic amines) is 1. The molecule has 0 saturated carbocycles. The Morgan fingerprint density at radius 3 is 2.54 bits per heavy atom. The summed E-state index contributed by atoms with van der Waals surface area (Å²) >= 11 is 0. The lowest BCUT2D eigenvalue weighted by molar-refractivity contribution is -0.145. The minimum Gasteiger partial charge on any atom is -0.469 e. The smallest absolute Gasteiger partial charge is 0.310 e. The highest BCUT2D eigenvalue weighted by atomic mass is 127. The molecule has 2 rings (SSSR count). The van der Waals surface area contributed by atoms with E-state index in [0.717, 1.165) is 24.6 Å². The van der Waals surface area contributed by atoms with Gasteiger partial charge in [-0.15, -0.1) is 24.0 Å². The van der Waals surface area contributed by atoms with Crippen LogP contribution in [-0.4, -0.2) is 69.1 Å². The van der Waals surface area contributed by atoms with E-state index in [4.69, 9.17) is 9.73 Å². The van der Waals surface area contributed by atoms with Crippen molar-refractivity contribution in [3.8, 4) is 0 Å². The first-order valence-corrected chi connectivity index (χ1v) is 9.40. The number of esters is 1. The summed E-state index contributed by atoms with van der Waals surface area (Å²) in [6, 6.07) is 6.59. The number of likely N-dealkylation sites (N-methyl/N-ethyl adjacent to an activating group) is 1. The van der Waals surface area contributed by atoms with Gasteiger partial charge in [0.25, 0.3) is 0 Å². The summed E-state index contributed by atoms with van der Waals surface area (Å²) in [7, 11) is 5.41. The van der Waals surface area contributed by atoms with E-state index in [1.807, 2.05) is 21.0 Å². The quantitative estimate of drug-likeness (QED) is 0.279. The standard InChI is InChI=1S/C20H31FN4O2.HI/c1-6-22-20(25-12-14(2)17(13-25)19(26)27-5)23-11-18(24(3)4)15-7-9-16(21)10-8-15;/h7-10,14,17-18H,6,11-13H2,1-5H3,(H,22,23);1H. The van der Waals surface area contributed by atoms with E-state index in [-0.39, 0.29) is 53.6 Å². The van der Waals surface area contributed by atoms with Gasteiger partial charge in [0.15, 0.2) is 5.96 Å².